The molecule has 7 aromatic carbocycles. The van der Waals surface area contributed by atoms with Crippen molar-refractivity contribution in [2.24, 2.45) is 0 Å². The molecule has 0 saturated carbocycles. The molecule has 0 radical (unpaired) electrons. The molecule has 0 unspecified atom stereocenters. The molecule has 4 heterocycles. The minimum absolute atomic E-state index is 0.0136. The summed E-state index contributed by atoms with van der Waals surface area (Å²) < 4.78 is 74.4. The predicted octanol–water partition coefficient (Wildman–Crippen LogP) is 13.1. The van der Waals surface area contributed by atoms with Gasteiger partial charge in [-0.3, -0.25) is 0 Å². The van der Waals surface area contributed by atoms with Gasteiger partial charge in [-0.2, -0.15) is 0 Å². The van der Waals surface area contributed by atoms with Crippen molar-refractivity contribution in [1.82, 2.24) is 24.5 Å². The van der Waals surface area contributed by atoms with Crippen molar-refractivity contribution in [3.63, 3.8) is 0 Å². The molecule has 0 N–H and O–H groups in total. The van der Waals surface area contributed by atoms with Crippen LogP contribution in [-0.4, -0.2) is 24.5 Å². The van der Waals surface area contributed by atoms with Gasteiger partial charge in [0.05, 0.1) is 33.3 Å². The van der Waals surface area contributed by atoms with Crippen LogP contribution in [0.25, 0.3) is 104 Å². The van der Waals surface area contributed by atoms with Crippen molar-refractivity contribution >= 4 is 53.4 Å². The molecular formula is C50H31N5S. The van der Waals surface area contributed by atoms with Gasteiger partial charge in [0.2, 0.25) is 0 Å². The van der Waals surface area contributed by atoms with E-state index in [0.29, 0.717) is 33.9 Å². The SMILES string of the molecule is [2H]c1c([2H])c([2H])c2c(c1[2H])c1c([2H])c([2H])c([2H])c([2H])c1n2-c1cccc(-c2ccc(-c3ccccc3)cc2)c1-c1nc(-c2ccccc2)nc(-c2ccc3c(n2)sc2ccccc23)n1. The van der Waals surface area contributed by atoms with Crippen LogP contribution < -0.4 is 0 Å². The van der Waals surface area contributed by atoms with Crippen LogP contribution in [0.5, 0.6) is 0 Å². The second-order valence-electron chi connectivity index (χ2n) is 13.2. The fraction of sp³-hybridized carbons (Fsp3) is 0. The Morgan fingerprint density at radius 2 is 1.04 bits per heavy atom. The Kier molecular flexibility index (Phi) is 5.89. The first kappa shape index (κ1) is 24.9. The number of hydrogen-bond donors (Lipinski definition) is 0. The quantitative estimate of drug-likeness (QED) is 0.170. The van der Waals surface area contributed by atoms with Crippen molar-refractivity contribution in [2.45, 2.75) is 0 Å². The standard InChI is InChI=1S/C50H31N5S/c1-3-14-32(15-4-1)33-26-28-34(29-27-33)36-21-13-24-44(55-42-22-10-7-18-37(42)38-19-8-11-23-43(38)55)46(36)49-53-47(35-16-5-2-6-17-35)52-48(54-49)41-31-30-40-39-20-9-12-25-45(39)56-50(40)51-41/h1-31H/i7D,8D,10D,11D,18D,19D,22D,23D. The summed E-state index contributed by atoms with van der Waals surface area (Å²) in [5.74, 6) is 0.844. The Hall–Kier alpha value is -7.28. The van der Waals surface area contributed by atoms with Gasteiger partial charge in [0.25, 0.3) is 0 Å². The van der Waals surface area contributed by atoms with E-state index in [1.807, 2.05) is 121 Å². The number of hydrogen-bond acceptors (Lipinski definition) is 5. The van der Waals surface area contributed by atoms with E-state index in [2.05, 4.69) is 12.1 Å². The summed E-state index contributed by atoms with van der Waals surface area (Å²) in [6.07, 6.45) is 0. The molecule has 4 aromatic heterocycles. The van der Waals surface area contributed by atoms with E-state index in [4.69, 9.17) is 28.2 Å². The minimum Gasteiger partial charge on any atom is -0.308 e. The Morgan fingerprint density at radius 1 is 0.429 bits per heavy atom. The molecule has 0 amide bonds. The van der Waals surface area contributed by atoms with Gasteiger partial charge in [0.1, 0.15) is 10.5 Å². The predicted molar refractivity (Wildman–Crippen MR) is 232 cm³/mol. The molecule has 5 nitrogen and oxygen atoms in total. The van der Waals surface area contributed by atoms with Crippen LogP contribution in [0.3, 0.4) is 0 Å². The molecule has 11 aromatic rings. The van der Waals surface area contributed by atoms with Crippen LogP contribution in [0.1, 0.15) is 11.0 Å². The van der Waals surface area contributed by atoms with E-state index in [0.717, 1.165) is 37.0 Å². The van der Waals surface area contributed by atoms with Crippen molar-refractivity contribution < 1.29 is 11.0 Å². The molecule has 262 valence electrons. The zero-order valence-corrected chi connectivity index (χ0v) is 30.2. The lowest BCUT2D eigenvalue weighted by Gasteiger charge is -2.18. The number of aromatic nitrogens is 5. The number of fused-ring (bicyclic) bond motifs is 6. The van der Waals surface area contributed by atoms with Gasteiger partial charge in [0.15, 0.2) is 17.5 Å². The van der Waals surface area contributed by atoms with Crippen LogP contribution in [0, 0.1) is 0 Å². The topological polar surface area (TPSA) is 56.5 Å². The maximum absolute atomic E-state index is 9.32. The summed E-state index contributed by atoms with van der Waals surface area (Å²) in [5, 5.41) is 2.05. The number of rotatable bonds is 6. The van der Waals surface area contributed by atoms with Gasteiger partial charge in [-0.25, -0.2) is 19.9 Å². The van der Waals surface area contributed by atoms with Crippen LogP contribution >= 0.6 is 11.3 Å². The Balaban J connectivity index is 1.27. The lowest BCUT2D eigenvalue weighted by Crippen LogP contribution is -2.05. The van der Waals surface area contributed by atoms with Crippen molar-refractivity contribution in [3.05, 3.63) is 188 Å². The highest BCUT2D eigenvalue weighted by Crippen LogP contribution is 2.42. The largest absolute Gasteiger partial charge is 0.308 e. The highest BCUT2D eigenvalue weighted by Gasteiger charge is 2.23. The zero-order chi connectivity index (χ0) is 44.0. The molecule has 0 aliphatic rings. The second-order valence-corrected chi connectivity index (χ2v) is 14.3. The number of benzene rings is 7. The molecule has 0 aliphatic heterocycles. The molecule has 0 fully saturated rings. The van der Waals surface area contributed by atoms with Crippen LogP contribution in [0.2, 0.25) is 0 Å². The third kappa shape index (κ3) is 5.38. The average molecular weight is 742 g/mol. The molecule has 0 bridgehead atoms. The average Bonchev–Trinajstić information content (AvgIpc) is 3.90. The first-order valence-corrected chi connectivity index (χ1v) is 18.8. The van der Waals surface area contributed by atoms with Gasteiger partial charge in [0, 0.05) is 31.8 Å². The molecule has 0 saturated heterocycles. The third-order valence-corrected chi connectivity index (χ3v) is 11.1. The van der Waals surface area contributed by atoms with E-state index in [1.54, 1.807) is 17.4 Å². The lowest BCUT2D eigenvalue weighted by molar-refractivity contribution is 1.06. The monoisotopic (exact) mass is 741 g/mol. The van der Waals surface area contributed by atoms with Gasteiger partial charge < -0.3 is 4.57 Å². The van der Waals surface area contributed by atoms with E-state index in [9.17, 15) is 2.74 Å². The summed E-state index contributed by atoms with van der Waals surface area (Å²) >= 11 is 1.57. The summed E-state index contributed by atoms with van der Waals surface area (Å²) in [6.45, 7) is 0. The van der Waals surface area contributed by atoms with Crippen LogP contribution in [-0.2, 0) is 0 Å². The molecule has 6 heteroatoms. The number of nitrogens with zero attached hydrogens (tertiary/aromatic N) is 5. The van der Waals surface area contributed by atoms with Crippen molar-refractivity contribution in [2.75, 3.05) is 0 Å². The maximum Gasteiger partial charge on any atom is 0.182 e. The molecule has 0 atom stereocenters. The van der Waals surface area contributed by atoms with E-state index >= 15 is 0 Å². The maximum atomic E-state index is 9.32. The number of para-hydroxylation sites is 2. The third-order valence-electron chi connectivity index (χ3n) is 9.98. The smallest absolute Gasteiger partial charge is 0.182 e. The minimum atomic E-state index is -0.519. The fourth-order valence-electron chi connectivity index (χ4n) is 7.39. The molecular weight excluding hydrogens is 703 g/mol. The van der Waals surface area contributed by atoms with E-state index < -0.39 is 48.3 Å². The van der Waals surface area contributed by atoms with Crippen molar-refractivity contribution in [1.29, 1.82) is 0 Å². The normalized spacial score (nSPS) is 13.6. The summed E-state index contributed by atoms with van der Waals surface area (Å²) in [5.41, 5.74) is 5.39. The second kappa shape index (κ2) is 13.2. The molecule has 11 rings (SSSR count). The Bertz CT molecular complexity index is 3630. The first-order chi connectivity index (χ1) is 31.1. The van der Waals surface area contributed by atoms with Gasteiger partial charge in [-0.1, -0.05) is 152 Å². The highest BCUT2D eigenvalue weighted by atomic mass is 32.1. The van der Waals surface area contributed by atoms with Crippen LogP contribution in [0.4, 0.5) is 0 Å². The first-order valence-electron chi connectivity index (χ1n) is 22.0. The van der Waals surface area contributed by atoms with Gasteiger partial charge >= 0.3 is 0 Å². The lowest BCUT2D eigenvalue weighted by atomic mass is 9.95. The molecule has 0 spiro atoms. The van der Waals surface area contributed by atoms with E-state index in [1.165, 1.54) is 4.57 Å². The number of pyridine rings is 1. The molecule has 0 aliphatic carbocycles. The van der Waals surface area contributed by atoms with Gasteiger partial charge in [-0.05, 0) is 58.6 Å². The fourth-order valence-corrected chi connectivity index (χ4v) is 8.46. The summed E-state index contributed by atoms with van der Waals surface area (Å²) in [7, 11) is 0. The van der Waals surface area contributed by atoms with E-state index in [-0.39, 0.29) is 33.5 Å². The molecule has 56 heavy (non-hydrogen) atoms. The summed E-state index contributed by atoms with van der Waals surface area (Å²) in [4.78, 5) is 21.3. The zero-order valence-electron chi connectivity index (χ0n) is 37.4. The highest BCUT2D eigenvalue weighted by molar-refractivity contribution is 7.25. The Morgan fingerprint density at radius 3 is 1.79 bits per heavy atom. The Labute approximate surface area is 338 Å². The van der Waals surface area contributed by atoms with Gasteiger partial charge in [-0.15, -0.1) is 11.3 Å². The van der Waals surface area contributed by atoms with Crippen LogP contribution in [0.15, 0.2) is 188 Å². The van der Waals surface area contributed by atoms with Crippen molar-refractivity contribution in [3.8, 4) is 62.2 Å². The number of thiophene rings is 1. The summed E-state index contributed by atoms with van der Waals surface area (Å²) in [6, 6.07) is 41.4.